The van der Waals surface area contributed by atoms with Crippen LogP contribution in [0.4, 0.5) is 5.69 Å². The van der Waals surface area contributed by atoms with E-state index in [0.717, 1.165) is 22.6 Å². The molecule has 0 aromatic heterocycles. The Bertz CT molecular complexity index is 1070. The molecule has 0 saturated heterocycles. The van der Waals surface area contributed by atoms with Crippen molar-refractivity contribution in [3.05, 3.63) is 83.4 Å². The summed E-state index contributed by atoms with van der Waals surface area (Å²) in [5.74, 6) is 2.17. The van der Waals surface area contributed by atoms with Crippen molar-refractivity contribution in [3.8, 4) is 17.2 Å². The first-order valence-electron chi connectivity index (χ1n) is 10.2. The number of para-hydroxylation sites is 1. The fourth-order valence-corrected chi connectivity index (χ4v) is 3.86. The number of nitrogens with zero attached hydrogens (tertiary/aromatic N) is 1. The van der Waals surface area contributed by atoms with Crippen LogP contribution < -0.4 is 19.5 Å². The van der Waals surface area contributed by atoms with Crippen molar-refractivity contribution in [1.29, 1.82) is 0 Å². The molecule has 0 bridgehead atoms. The lowest BCUT2D eigenvalue weighted by Gasteiger charge is -2.38. The second-order valence-corrected chi connectivity index (χ2v) is 7.30. The van der Waals surface area contributed by atoms with Gasteiger partial charge in [0.15, 0.2) is 0 Å². The van der Waals surface area contributed by atoms with Gasteiger partial charge in [-0.15, -0.1) is 0 Å². The molecule has 0 unspecified atom stereocenters. The van der Waals surface area contributed by atoms with Crippen molar-refractivity contribution in [2.45, 2.75) is 12.6 Å². The Morgan fingerprint density at radius 2 is 1.58 bits per heavy atom. The summed E-state index contributed by atoms with van der Waals surface area (Å²) in [5, 5.41) is 3.52. The predicted molar refractivity (Wildman–Crippen MR) is 120 cm³/mol. The van der Waals surface area contributed by atoms with E-state index in [1.165, 1.54) is 0 Å². The number of rotatable bonds is 7. The maximum absolute atomic E-state index is 13.4. The minimum atomic E-state index is -0.360. The molecule has 1 amide bonds. The van der Waals surface area contributed by atoms with Gasteiger partial charge in [-0.05, 0) is 48.4 Å². The van der Waals surface area contributed by atoms with E-state index in [-0.39, 0.29) is 12.1 Å². The molecule has 0 radical (unpaired) electrons. The van der Waals surface area contributed by atoms with Crippen molar-refractivity contribution in [2.24, 2.45) is 0 Å². The SMILES string of the molecule is COc1ccc(CCN2C(=O)c3ccccc3N[C@@H]2c2ccc(OC)cc2OC)cc1. The first-order chi connectivity index (χ1) is 15.1. The summed E-state index contributed by atoms with van der Waals surface area (Å²) in [6.45, 7) is 0.548. The third-order valence-corrected chi connectivity index (χ3v) is 5.56. The number of benzene rings is 3. The summed E-state index contributed by atoms with van der Waals surface area (Å²) < 4.78 is 16.2. The minimum absolute atomic E-state index is 0.00858. The summed E-state index contributed by atoms with van der Waals surface area (Å²) in [7, 11) is 4.89. The number of hydrogen-bond acceptors (Lipinski definition) is 5. The van der Waals surface area contributed by atoms with Gasteiger partial charge in [0.25, 0.3) is 5.91 Å². The predicted octanol–water partition coefficient (Wildman–Crippen LogP) is 4.52. The highest BCUT2D eigenvalue weighted by Gasteiger charge is 2.34. The van der Waals surface area contributed by atoms with Crippen LogP contribution in [0.3, 0.4) is 0 Å². The van der Waals surface area contributed by atoms with E-state index in [2.05, 4.69) is 5.32 Å². The van der Waals surface area contributed by atoms with Crippen LogP contribution in [0.5, 0.6) is 17.2 Å². The maximum atomic E-state index is 13.4. The molecule has 31 heavy (non-hydrogen) atoms. The summed E-state index contributed by atoms with van der Waals surface area (Å²) in [5.41, 5.74) is 3.49. The van der Waals surface area contributed by atoms with Gasteiger partial charge in [0.2, 0.25) is 0 Å². The summed E-state index contributed by atoms with van der Waals surface area (Å²) in [6, 6.07) is 21.2. The molecule has 0 aliphatic carbocycles. The van der Waals surface area contributed by atoms with Crippen LogP contribution in [0.1, 0.15) is 27.7 Å². The molecule has 1 N–H and O–H groups in total. The molecule has 0 spiro atoms. The number of ether oxygens (including phenoxy) is 3. The zero-order valence-corrected chi connectivity index (χ0v) is 17.9. The Labute approximate surface area is 182 Å². The topological polar surface area (TPSA) is 60.0 Å². The Morgan fingerprint density at radius 1 is 0.871 bits per heavy atom. The van der Waals surface area contributed by atoms with E-state index in [9.17, 15) is 4.79 Å². The number of nitrogens with one attached hydrogen (secondary N) is 1. The number of hydrogen-bond donors (Lipinski definition) is 1. The highest BCUT2D eigenvalue weighted by atomic mass is 16.5. The second kappa shape index (κ2) is 9.00. The number of anilines is 1. The van der Waals surface area contributed by atoms with Crippen LogP contribution in [-0.2, 0) is 6.42 Å². The smallest absolute Gasteiger partial charge is 0.257 e. The highest BCUT2D eigenvalue weighted by molar-refractivity contribution is 6.01. The van der Waals surface area contributed by atoms with Crippen LogP contribution in [0.25, 0.3) is 0 Å². The molecule has 0 saturated carbocycles. The second-order valence-electron chi connectivity index (χ2n) is 7.30. The average molecular weight is 418 g/mol. The first kappa shape index (κ1) is 20.6. The molecule has 1 atom stereocenters. The zero-order chi connectivity index (χ0) is 21.8. The van der Waals surface area contributed by atoms with Crippen LogP contribution in [-0.4, -0.2) is 38.7 Å². The third-order valence-electron chi connectivity index (χ3n) is 5.56. The van der Waals surface area contributed by atoms with Gasteiger partial charge < -0.3 is 24.4 Å². The van der Waals surface area contributed by atoms with Crippen molar-refractivity contribution >= 4 is 11.6 Å². The van der Waals surface area contributed by atoms with Gasteiger partial charge in [-0.3, -0.25) is 4.79 Å². The van der Waals surface area contributed by atoms with Crippen LogP contribution in [0.2, 0.25) is 0 Å². The van der Waals surface area contributed by atoms with Crippen LogP contribution in [0.15, 0.2) is 66.7 Å². The van der Waals surface area contributed by atoms with Gasteiger partial charge >= 0.3 is 0 Å². The molecule has 160 valence electrons. The van der Waals surface area contributed by atoms with Crippen molar-refractivity contribution < 1.29 is 19.0 Å². The molecule has 4 rings (SSSR count). The van der Waals surface area contributed by atoms with Crippen LogP contribution in [0, 0.1) is 0 Å². The van der Waals surface area contributed by atoms with E-state index in [4.69, 9.17) is 14.2 Å². The first-order valence-corrected chi connectivity index (χ1v) is 10.2. The van der Waals surface area contributed by atoms with Gasteiger partial charge in [-0.25, -0.2) is 0 Å². The minimum Gasteiger partial charge on any atom is -0.497 e. The van der Waals surface area contributed by atoms with Gasteiger partial charge in [0, 0.05) is 23.9 Å². The fraction of sp³-hybridized carbons (Fsp3) is 0.240. The molecule has 1 heterocycles. The standard InChI is InChI=1S/C25H26N2O4/c1-29-18-10-8-17(9-11-18)14-15-27-24(21-13-12-19(30-2)16-23(21)31-3)26-22-7-5-4-6-20(22)25(27)28/h4-13,16,24,26H,14-15H2,1-3H3/t24-/m0/s1. The third kappa shape index (κ3) is 4.14. The van der Waals surface area contributed by atoms with Crippen molar-refractivity contribution in [3.63, 3.8) is 0 Å². The van der Waals surface area contributed by atoms with Crippen molar-refractivity contribution in [2.75, 3.05) is 33.2 Å². The number of amides is 1. The molecule has 0 fully saturated rings. The number of carbonyl (C=O) groups is 1. The summed E-state index contributed by atoms with van der Waals surface area (Å²) >= 11 is 0. The van der Waals surface area contributed by atoms with E-state index >= 15 is 0 Å². The average Bonchev–Trinajstić information content (AvgIpc) is 2.83. The Morgan fingerprint density at radius 3 is 2.29 bits per heavy atom. The summed E-state index contributed by atoms with van der Waals surface area (Å²) in [4.78, 5) is 15.3. The van der Waals surface area contributed by atoms with Crippen LogP contribution >= 0.6 is 0 Å². The Hall–Kier alpha value is -3.67. The quantitative estimate of drug-likeness (QED) is 0.611. The Balaban J connectivity index is 1.68. The summed E-state index contributed by atoms with van der Waals surface area (Å²) in [6.07, 6.45) is 0.357. The monoisotopic (exact) mass is 418 g/mol. The van der Waals surface area contributed by atoms with Gasteiger partial charge in [0.1, 0.15) is 23.4 Å². The number of fused-ring (bicyclic) bond motifs is 1. The van der Waals surface area contributed by atoms with E-state index in [0.29, 0.717) is 30.0 Å². The van der Waals surface area contributed by atoms with E-state index in [1.807, 2.05) is 71.6 Å². The molecular formula is C25H26N2O4. The lowest BCUT2D eigenvalue weighted by molar-refractivity contribution is 0.0683. The molecule has 6 nitrogen and oxygen atoms in total. The largest absolute Gasteiger partial charge is 0.497 e. The van der Waals surface area contributed by atoms with Crippen molar-refractivity contribution in [1.82, 2.24) is 4.90 Å². The van der Waals surface area contributed by atoms with Gasteiger partial charge in [0.05, 0.1) is 26.9 Å². The fourth-order valence-electron chi connectivity index (χ4n) is 3.86. The highest BCUT2D eigenvalue weighted by Crippen LogP contribution is 2.38. The number of carbonyl (C=O) groups excluding carboxylic acids is 1. The van der Waals surface area contributed by atoms with E-state index in [1.54, 1.807) is 21.3 Å². The van der Waals surface area contributed by atoms with Gasteiger partial charge in [-0.2, -0.15) is 0 Å². The lowest BCUT2D eigenvalue weighted by Crippen LogP contribution is -2.44. The van der Waals surface area contributed by atoms with E-state index < -0.39 is 0 Å². The molecule has 3 aromatic rings. The molecule has 3 aromatic carbocycles. The molecule has 1 aliphatic rings. The lowest BCUT2D eigenvalue weighted by atomic mass is 10.0. The zero-order valence-electron chi connectivity index (χ0n) is 17.9. The number of methoxy groups -OCH3 is 3. The van der Waals surface area contributed by atoms with Gasteiger partial charge in [-0.1, -0.05) is 24.3 Å². The normalized spacial score (nSPS) is 15.1. The Kier molecular flexibility index (Phi) is 5.98. The maximum Gasteiger partial charge on any atom is 0.257 e. The molecule has 6 heteroatoms. The molecular weight excluding hydrogens is 392 g/mol. The molecule has 1 aliphatic heterocycles.